The molecule has 3 atom stereocenters. The summed E-state index contributed by atoms with van der Waals surface area (Å²) in [6.07, 6.45) is 9.91. The Morgan fingerprint density at radius 3 is 2.71 bits per heavy atom. The third-order valence-corrected chi connectivity index (χ3v) is 6.97. The molecule has 1 aromatic carbocycles. The van der Waals surface area contributed by atoms with E-state index in [4.69, 9.17) is 9.47 Å². The number of carbonyl (C=O) groups excluding carboxylic acids is 2. The lowest BCUT2D eigenvalue weighted by Gasteiger charge is -2.34. The van der Waals surface area contributed by atoms with Gasteiger partial charge in [-0.2, -0.15) is 0 Å². The highest BCUT2D eigenvalue weighted by molar-refractivity contribution is 5.94. The maximum atomic E-state index is 12.7. The molecule has 3 unspecified atom stereocenters. The van der Waals surface area contributed by atoms with Crippen LogP contribution >= 0.6 is 0 Å². The summed E-state index contributed by atoms with van der Waals surface area (Å²) in [5.74, 6) is 1.45. The number of hydrogen-bond acceptors (Lipinski definition) is 5. The lowest BCUT2D eigenvalue weighted by molar-refractivity contribution is -0.122. The van der Waals surface area contributed by atoms with Gasteiger partial charge < -0.3 is 25.0 Å². The number of benzene rings is 1. The Bertz CT molecular complexity index is 822. The second-order valence-electron chi connectivity index (χ2n) is 9.70. The number of carbonyl (C=O) groups is 2. The molecule has 34 heavy (non-hydrogen) atoms. The lowest BCUT2D eigenvalue weighted by atomic mass is 9.87. The molecule has 2 amide bonds. The van der Waals surface area contributed by atoms with Crippen LogP contribution in [0.25, 0.3) is 0 Å². The molecule has 1 aromatic rings. The zero-order chi connectivity index (χ0) is 23.6. The Labute approximate surface area is 203 Å². The normalized spacial score (nSPS) is 23.4. The number of unbranched alkanes of at least 4 members (excludes halogenated alkanes) is 1. The molecule has 3 aliphatic rings. The molecule has 0 bridgehead atoms. The summed E-state index contributed by atoms with van der Waals surface area (Å²) in [4.78, 5) is 27.3. The molecule has 2 aliphatic heterocycles. The fraction of sp³-hybridized carbons (Fsp3) is 0.630. The molecule has 0 saturated carbocycles. The second kappa shape index (κ2) is 12.9. The van der Waals surface area contributed by atoms with E-state index in [0.29, 0.717) is 37.7 Å². The van der Waals surface area contributed by atoms with E-state index in [9.17, 15) is 9.59 Å². The third kappa shape index (κ3) is 7.57. The number of ether oxygens (including phenoxy) is 2. The van der Waals surface area contributed by atoms with Gasteiger partial charge >= 0.3 is 0 Å². The van der Waals surface area contributed by atoms with E-state index in [1.54, 1.807) is 12.1 Å². The number of nitrogens with one attached hydrogen (secondary N) is 2. The number of allylic oxidation sites excluding steroid dienone is 1. The molecule has 7 heteroatoms. The molecule has 2 fully saturated rings. The van der Waals surface area contributed by atoms with Crippen LogP contribution in [0.15, 0.2) is 42.2 Å². The Morgan fingerprint density at radius 1 is 1.06 bits per heavy atom. The first-order chi connectivity index (χ1) is 16.7. The molecular formula is C27H39N3O4. The van der Waals surface area contributed by atoms with Crippen LogP contribution in [0, 0.1) is 5.92 Å². The zero-order valence-electron chi connectivity index (χ0n) is 20.2. The molecule has 186 valence electrons. The van der Waals surface area contributed by atoms with Crippen LogP contribution < -0.4 is 10.6 Å². The van der Waals surface area contributed by atoms with Gasteiger partial charge in [-0.05, 0) is 82.2 Å². The molecule has 2 N–H and O–H groups in total. The maximum Gasteiger partial charge on any atom is 0.251 e. The van der Waals surface area contributed by atoms with Crippen molar-refractivity contribution in [3.05, 3.63) is 47.7 Å². The number of likely N-dealkylation sites (tertiary alicyclic amines) is 1. The SMILES string of the molecule is O=C(CCCCNC(=O)c1ccccc1)NC(CC1C=C2OCCOC2CC1)CN1CCCC1. The van der Waals surface area contributed by atoms with Gasteiger partial charge in [0.15, 0.2) is 0 Å². The molecular weight excluding hydrogens is 430 g/mol. The first-order valence-corrected chi connectivity index (χ1v) is 13.0. The van der Waals surface area contributed by atoms with Crippen molar-refractivity contribution in [2.45, 2.75) is 63.5 Å². The summed E-state index contributed by atoms with van der Waals surface area (Å²) in [7, 11) is 0. The summed E-state index contributed by atoms with van der Waals surface area (Å²) < 4.78 is 11.7. The Hall–Kier alpha value is -2.38. The van der Waals surface area contributed by atoms with Crippen molar-refractivity contribution in [2.24, 2.45) is 5.92 Å². The van der Waals surface area contributed by atoms with Crippen molar-refractivity contribution in [3.8, 4) is 0 Å². The molecule has 0 spiro atoms. The van der Waals surface area contributed by atoms with E-state index < -0.39 is 0 Å². The minimum Gasteiger partial charge on any atom is -0.493 e. The van der Waals surface area contributed by atoms with E-state index in [2.05, 4.69) is 21.6 Å². The van der Waals surface area contributed by atoms with Gasteiger partial charge in [-0.25, -0.2) is 0 Å². The highest BCUT2D eigenvalue weighted by Gasteiger charge is 2.30. The number of amides is 2. The Morgan fingerprint density at radius 2 is 1.88 bits per heavy atom. The standard InChI is InChI=1S/C27H39N3O4/c31-26(10-4-5-13-28-27(32)22-8-2-1-3-9-22)29-23(20-30-14-6-7-15-30)18-21-11-12-24-25(19-21)34-17-16-33-24/h1-3,8-9,19,21,23-24H,4-7,10-18,20H2,(H,28,32)(H,29,31). The Kier molecular flexibility index (Phi) is 9.39. The number of rotatable bonds is 11. The maximum absolute atomic E-state index is 12.7. The van der Waals surface area contributed by atoms with Gasteiger partial charge in [0.2, 0.25) is 5.91 Å². The van der Waals surface area contributed by atoms with Crippen molar-refractivity contribution in [1.29, 1.82) is 0 Å². The van der Waals surface area contributed by atoms with Gasteiger partial charge in [0.05, 0.1) is 6.61 Å². The van der Waals surface area contributed by atoms with E-state index in [-0.39, 0.29) is 24.0 Å². The average molecular weight is 470 g/mol. The van der Waals surface area contributed by atoms with Crippen LogP contribution in [-0.2, 0) is 14.3 Å². The number of nitrogens with zero attached hydrogens (tertiary/aromatic N) is 1. The molecule has 7 nitrogen and oxygen atoms in total. The monoisotopic (exact) mass is 469 g/mol. The second-order valence-corrected chi connectivity index (χ2v) is 9.70. The molecule has 2 saturated heterocycles. The fourth-order valence-corrected chi connectivity index (χ4v) is 5.20. The van der Waals surface area contributed by atoms with Crippen molar-refractivity contribution < 1.29 is 19.1 Å². The molecule has 4 rings (SSSR count). The largest absolute Gasteiger partial charge is 0.493 e. The van der Waals surface area contributed by atoms with Crippen molar-refractivity contribution >= 4 is 11.8 Å². The van der Waals surface area contributed by atoms with E-state index in [1.165, 1.54) is 12.8 Å². The van der Waals surface area contributed by atoms with Gasteiger partial charge in [0.1, 0.15) is 18.5 Å². The van der Waals surface area contributed by atoms with E-state index >= 15 is 0 Å². The van der Waals surface area contributed by atoms with Crippen LogP contribution in [0.4, 0.5) is 0 Å². The van der Waals surface area contributed by atoms with E-state index in [1.807, 2.05) is 18.2 Å². The quantitative estimate of drug-likeness (QED) is 0.487. The van der Waals surface area contributed by atoms with Gasteiger partial charge in [0, 0.05) is 31.1 Å². The first kappa shape index (κ1) is 24.7. The number of fused-ring (bicyclic) bond motifs is 1. The highest BCUT2D eigenvalue weighted by Crippen LogP contribution is 2.31. The highest BCUT2D eigenvalue weighted by atomic mass is 16.6. The van der Waals surface area contributed by atoms with Gasteiger partial charge in [-0.1, -0.05) is 18.2 Å². The van der Waals surface area contributed by atoms with Crippen LogP contribution in [0.3, 0.4) is 0 Å². The van der Waals surface area contributed by atoms with Crippen LogP contribution in [0.5, 0.6) is 0 Å². The minimum atomic E-state index is -0.0630. The van der Waals surface area contributed by atoms with E-state index in [0.717, 1.165) is 57.5 Å². The summed E-state index contributed by atoms with van der Waals surface area (Å²) in [5.41, 5.74) is 0.666. The topological polar surface area (TPSA) is 79.9 Å². The van der Waals surface area contributed by atoms with Crippen LogP contribution in [-0.4, -0.2) is 68.3 Å². The van der Waals surface area contributed by atoms with Gasteiger partial charge in [-0.15, -0.1) is 0 Å². The summed E-state index contributed by atoms with van der Waals surface area (Å²) >= 11 is 0. The predicted molar refractivity (Wildman–Crippen MR) is 131 cm³/mol. The summed E-state index contributed by atoms with van der Waals surface area (Å²) in [5, 5.41) is 6.25. The minimum absolute atomic E-state index is 0.0630. The summed E-state index contributed by atoms with van der Waals surface area (Å²) in [6, 6.07) is 9.36. The van der Waals surface area contributed by atoms with Crippen LogP contribution in [0.2, 0.25) is 0 Å². The Balaban J connectivity index is 1.20. The van der Waals surface area contributed by atoms with Crippen molar-refractivity contribution in [1.82, 2.24) is 15.5 Å². The predicted octanol–water partition coefficient (Wildman–Crippen LogP) is 3.27. The smallest absolute Gasteiger partial charge is 0.251 e. The van der Waals surface area contributed by atoms with Crippen molar-refractivity contribution in [2.75, 3.05) is 39.4 Å². The van der Waals surface area contributed by atoms with Gasteiger partial charge in [-0.3, -0.25) is 9.59 Å². The third-order valence-electron chi connectivity index (χ3n) is 6.97. The summed E-state index contributed by atoms with van der Waals surface area (Å²) in [6.45, 7) is 5.05. The van der Waals surface area contributed by atoms with Gasteiger partial charge in [0.25, 0.3) is 5.91 Å². The number of hydrogen-bond donors (Lipinski definition) is 2. The molecule has 0 aromatic heterocycles. The fourth-order valence-electron chi connectivity index (χ4n) is 5.20. The van der Waals surface area contributed by atoms with Crippen molar-refractivity contribution in [3.63, 3.8) is 0 Å². The average Bonchev–Trinajstić information content (AvgIpc) is 3.37. The zero-order valence-corrected chi connectivity index (χ0v) is 20.2. The first-order valence-electron chi connectivity index (χ1n) is 13.0. The molecule has 1 aliphatic carbocycles. The van der Waals surface area contributed by atoms with Crippen LogP contribution in [0.1, 0.15) is 61.7 Å². The molecule has 2 heterocycles. The lowest BCUT2D eigenvalue weighted by Crippen LogP contribution is -2.44. The molecule has 0 radical (unpaired) electrons.